The molecule has 1 aliphatic rings. The minimum Gasteiger partial charge on any atom is -0.497 e. The highest BCUT2D eigenvalue weighted by Gasteiger charge is 2.31. The fraction of sp³-hybridized carbons (Fsp3) is 0.391. The van der Waals surface area contributed by atoms with Crippen molar-refractivity contribution in [1.29, 1.82) is 0 Å². The first-order chi connectivity index (χ1) is 15.9. The molecular weight excluding hydrogens is 437 g/mol. The lowest BCUT2D eigenvalue weighted by Crippen LogP contribution is -2.45. The van der Waals surface area contributed by atoms with Crippen molar-refractivity contribution in [2.24, 2.45) is 0 Å². The summed E-state index contributed by atoms with van der Waals surface area (Å²) < 4.78 is 55.0. The molecule has 176 valence electrons. The minimum atomic E-state index is -4.42. The molecule has 0 N–H and O–H groups in total. The average Bonchev–Trinajstić information content (AvgIpc) is 3.28. The summed E-state index contributed by atoms with van der Waals surface area (Å²) in [6.07, 6.45) is -4.42. The molecule has 1 aromatic heterocycles. The molecule has 1 saturated heterocycles. The van der Waals surface area contributed by atoms with Crippen LogP contribution in [0.15, 0.2) is 47.0 Å². The van der Waals surface area contributed by atoms with E-state index in [9.17, 15) is 13.2 Å². The Labute approximate surface area is 189 Å². The number of benzene rings is 2. The Hall–Kier alpha value is -3.11. The van der Waals surface area contributed by atoms with Crippen molar-refractivity contribution in [3.63, 3.8) is 0 Å². The lowest BCUT2D eigenvalue weighted by atomic mass is 10.1. The topological polar surface area (TPSA) is 63.9 Å². The zero-order valence-electron chi connectivity index (χ0n) is 18.4. The van der Waals surface area contributed by atoms with E-state index >= 15 is 0 Å². The van der Waals surface area contributed by atoms with Gasteiger partial charge in [-0.25, -0.2) is 0 Å². The number of hydrogen-bond acceptors (Lipinski definition) is 7. The molecule has 0 saturated carbocycles. The van der Waals surface area contributed by atoms with E-state index in [1.165, 1.54) is 12.1 Å². The maximum Gasteiger partial charge on any atom is 0.416 e. The van der Waals surface area contributed by atoms with E-state index in [0.717, 1.165) is 61.9 Å². The highest BCUT2D eigenvalue weighted by atomic mass is 19.4. The number of nitrogens with zero attached hydrogens (tertiary/aromatic N) is 4. The average molecular weight is 462 g/mol. The summed E-state index contributed by atoms with van der Waals surface area (Å²) in [7, 11) is 3.29. The predicted molar refractivity (Wildman–Crippen MR) is 115 cm³/mol. The maximum absolute atomic E-state index is 13.0. The van der Waals surface area contributed by atoms with Crippen LogP contribution in [0.1, 0.15) is 17.0 Å². The van der Waals surface area contributed by atoms with Gasteiger partial charge in [-0.2, -0.15) is 18.2 Å². The monoisotopic (exact) mass is 462 g/mol. The molecule has 0 atom stereocenters. The molecule has 4 rings (SSSR count). The van der Waals surface area contributed by atoms with Crippen LogP contribution in [0.5, 0.6) is 11.5 Å². The van der Waals surface area contributed by atoms with Gasteiger partial charge in [0, 0.05) is 43.9 Å². The Morgan fingerprint density at radius 2 is 1.67 bits per heavy atom. The van der Waals surface area contributed by atoms with Crippen LogP contribution >= 0.6 is 0 Å². The predicted octanol–water partition coefficient (Wildman–Crippen LogP) is 4.09. The number of aromatic nitrogens is 2. The first-order valence-electron chi connectivity index (χ1n) is 10.5. The molecule has 0 aliphatic carbocycles. The van der Waals surface area contributed by atoms with Crippen LogP contribution in [0.3, 0.4) is 0 Å². The number of rotatable bonds is 7. The number of hydrogen-bond donors (Lipinski definition) is 0. The Bertz CT molecular complexity index is 1080. The van der Waals surface area contributed by atoms with Gasteiger partial charge >= 0.3 is 6.18 Å². The SMILES string of the molecule is COc1ccc(OC)c(CN2CCN(Cc3nc(-c4cccc(C(F)(F)F)c4)no3)CC2)c1. The summed E-state index contributed by atoms with van der Waals surface area (Å²) in [5.41, 5.74) is 0.597. The fourth-order valence-corrected chi connectivity index (χ4v) is 3.81. The van der Waals surface area contributed by atoms with Crippen LogP contribution in [0.25, 0.3) is 11.4 Å². The van der Waals surface area contributed by atoms with Gasteiger partial charge in [0.25, 0.3) is 0 Å². The van der Waals surface area contributed by atoms with Crippen molar-refractivity contribution in [2.45, 2.75) is 19.3 Å². The molecular formula is C23H25F3N4O3. The number of alkyl halides is 3. The molecule has 0 spiro atoms. The lowest BCUT2D eigenvalue weighted by Gasteiger charge is -2.34. The van der Waals surface area contributed by atoms with E-state index in [0.29, 0.717) is 12.4 Å². The summed E-state index contributed by atoms with van der Waals surface area (Å²) in [4.78, 5) is 8.81. The van der Waals surface area contributed by atoms with Gasteiger partial charge in [0.1, 0.15) is 11.5 Å². The quantitative estimate of drug-likeness (QED) is 0.524. The zero-order valence-corrected chi connectivity index (χ0v) is 18.4. The Balaban J connectivity index is 1.34. The van der Waals surface area contributed by atoms with Crippen LogP contribution in [0.4, 0.5) is 13.2 Å². The van der Waals surface area contributed by atoms with Gasteiger partial charge in [0.2, 0.25) is 11.7 Å². The van der Waals surface area contributed by atoms with Crippen molar-refractivity contribution in [3.05, 3.63) is 59.5 Å². The maximum atomic E-state index is 13.0. The van der Waals surface area contributed by atoms with E-state index in [4.69, 9.17) is 14.0 Å². The molecule has 0 unspecified atom stereocenters. The van der Waals surface area contributed by atoms with E-state index in [1.807, 2.05) is 18.2 Å². The summed E-state index contributed by atoms with van der Waals surface area (Å²) in [6, 6.07) is 10.7. The van der Waals surface area contributed by atoms with Gasteiger partial charge in [-0.1, -0.05) is 17.3 Å². The summed E-state index contributed by atoms with van der Waals surface area (Å²) in [5, 5.41) is 3.87. The van der Waals surface area contributed by atoms with Gasteiger partial charge in [0.05, 0.1) is 26.3 Å². The number of halogens is 3. The Morgan fingerprint density at radius 1 is 0.939 bits per heavy atom. The van der Waals surface area contributed by atoms with Crippen molar-refractivity contribution < 1.29 is 27.2 Å². The zero-order chi connectivity index (χ0) is 23.4. The van der Waals surface area contributed by atoms with E-state index in [1.54, 1.807) is 14.2 Å². The van der Waals surface area contributed by atoms with E-state index < -0.39 is 11.7 Å². The number of piperazine rings is 1. The molecule has 33 heavy (non-hydrogen) atoms. The van der Waals surface area contributed by atoms with Gasteiger partial charge in [0.15, 0.2) is 0 Å². The summed E-state index contributed by atoms with van der Waals surface area (Å²) in [6.45, 7) is 4.47. The molecule has 2 heterocycles. The van der Waals surface area contributed by atoms with Gasteiger partial charge in [-0.15, -0.1) is 0 Å². The van der Waals surface area contributed by atoms with Crippen molar-refractivity contribution in [2.75, 3.05) is 40.4 Å². The van der Waals surface area contributed by atoms with Crippen LogP contribution in [-0.2, 0) is 19.3 Å². The van der Waals surface area contributed by atoms with Crippen LogP contribution in [-0.4, -0.2) is 60.3 Å². The second kappa shape index (κ2) is 9.80. The molecule has 0 bridgehead atoms. The highest BCUT2D eigenvalue weighted by Crippen LogP contribution is 2.31. The molecule has 1 aliphatic heterocycles. The molecule has 2 aromatic carbocycles. The van der Waals surface area contributed by atoms with Crippen molar-refractivity contribution in [3.8, 4) is 22.9 Å². The van der Waals surface area contributed by atoms with Gasteiger partial charge in [-0.05, 0) is 30.3 Å². The summed E-state index contributed by atoms with van der Waals surface area (Å²) in [5.74, 6) is 2.15. The minimum absolute atomic E-state index is 0.153. The summed E-state index contributed by atoms with van der Waals surface area (Å²) >= 11 is 0. The van der Waals surface area contributed by atoms with Gasteiger partial charge < -0.3 is 14.0 Å². The van der Waals surface area contributed by atoms with Crippen molar-refractivity contribution >= 4 is 0 Å². The molecule has 1 fully saturated rings. The molecule has 0 radical (unpaired) electrons. The molecule has 0 amide bonds. The first-order valence-corrected chi connectivity index (χ1v) is 10.5. The molecule has 7 nitrogen and oxygen atoms in total. The Morgan fingerprint density at radius 3 is 2.33 bits per heavy atom. The first kappa shape index (κ1) is 23.1. The number of ether oxygens (including phenoxy) is 2. The third-order valence-electron chi connectivity index (χ3n) is 5.62. The standard InChI is InChI=1S/C23H25F3N4O3/c1-31-19-6-7-20(32-2)17(13-19)14-29-8-10-30(11-9-29)15-21-27-22(28-33-21)16-4-3-5-18(12-16)23(24,25)26/h3-7,12-13H,8-11,14-15H2,1-2H3. The molecule has 10 heteroatoms. The third-order valence-corrected chi connectivity index (χ3v) is 5.62. The smallest absolute Gasteiger partial charge is 0.416 e. The third kappa shape index (κ3) is 5.63. The second-order valence-electron chi connectivity index (χ2n) is 7.82. The Kier molecular flexibility index (Phi) is 6.85. The van der Waals surface area contributed by atoms with E-state index in [2.05, 4.69) is 19.9 Å². The van der Waals surface area contributed by atoms with Gasteiger partial charge in [-0.3, -0.25) is 9.80 Å². The number of methoxy groups -OCH3 is 2. The molecule has 3 aromatic rings. The van der Waals surface area contributed by atoms with Crippen LogP contribution in [0, 0.1) is 0 Å². The second-order valence-corrected chi connectivity index (χ2v) is 7.82. The fourth-order valence-electron chi connectivity index (χ4n) is 3.81. The largest absolute Gasteiger partial charge is 0.497 e. The van der Waals surface area contributed by atoms with Crippen molar-refractivity contribution in [1.82, 2.24) is 19.9 Å². The highest BCUT2D eigenvalue weighted by molar-refractivity contribution is 5.55. The lowest BCUT2D eigenvalue weighted by molar-refractivity contribution is -0.137. The van der Waals surface area contributed by atoms with E-state index in [-0.39, 0.29) is 11.4 Å². The normalized spacial score (nSPS) is 15.5. The van der Waals surface area contributed by atoms with Crippen LogP contribution in [0.2, 0.25) is 0 Å². The van der Waals surface area contributed by atoms with Crippen LogP contribution < -0.4 is 9.47 Å².